The SMILES string of the molecule is N#C/C(=C/c1cc(Br)c(OCc2ccc(Cl)cc2Cl)c(Br)c1)c1ccc(Cl)c(Cl)c1. The number of rotatable bonds is 5. The van der Waals surface area contributed by atoms with Gasteiger partial charge >= 0.3 is 0 Å². The Labute approximate surface area is 211 Å². The molecule has 0 saturated heterocycles. The summed E-state index contributed by atoms with van der Waals surface area (Å²) in [6.45, 7) is 0.273. The van der Waals surface area contributed by atoms with Gasteiger partial charge in [-0.1, -0.05) is 58.5 Å². The third-order valence-electron chi connectivity index (χ3n) is 4.07. The average molecular weight is 607 g/mol. The topological polar surface area (TPSA) is 33.0 Å². The van der Waals surface area contributed by atoms with E-state index in [4.69, 9.17) is 51.1 Å². The lowest BCUT2D eigenvalue weighted by Crippen LogP contribution is -1.98. The second kappa shape index (κ2) is 10.4. The Morgan fingerprint density at radius 2 is 1.60 bits per heavy atom. The summed E-state index contributed by atoms with van der Waals surface area (Å²) in [6.07, 6.45) is 1.76. The van der Waals surface area contributed by atoms with E-state index in [1.54, 1.807) is 36.4 Å². The fourth-order valence-electron chi connectivity index (χ4n) is 2.60. The molecule has 0 N–H and O–H groups in total. The Hall–Kier alpha value is -1.19. The van der Waals surface area contributed by atoms with Crippen LogP contribution in [-0.4, -0.2) is 0 Å². The van der Waals surface area contributed by atoms with Crippen molar-refractivity contribution in [2.45, 2.75) is 6.61 Å². The highest BCUT2D eigenvalue weighted by molar-refractivity contribution is 9.11. The van der Waals surface area contributed by atoms with E-state index in [9.17, 15) is 5.26 Å². The predicted octanol–water partition coefficient (Wildman–Crippen LogP) is 9.47. The van der Waals surface area contributed by atoms with E-state index in [1.165, 1.54) is 0 Å². The first-order valence-corrected chi connectivity index (χ1v) is 11.5. The maximum atomic E-state index is 9.59. The molecule has 0 bridgehead atoms. The molecule has 152 valence electrons. The Morgan fingerprint density at radius 1 is 0.900 bits per heavy atom. The van der Waals surface area contributed by atoms with Gasteiger partial charge < -0.3 is 4.74 Å². The number of nitrogens with zero attached hydrogens (tertiary/aromatic N) is 1. The van der Waals surface area contributed by atoms with Gasteiger partial charge in [0.05, 0.1) is 30.6 Å². The molecular weight excluding hydrogens is 596 g/mol. The molecule has 0 fully saturated rings. The summed E-state index contributed by atoms with van der Waals surface area (Å²) in [4.78, 5) is 0. The van der Waals surface area contributed by atoms with Gasteiger partial charge in [-0.05, 0) is 85.5 Å². The van der Waals surface area contributed by atoms with Crippen LogP contribution in [0.25, 0.3) is 11.6 Å². The van der Waals surface area contributed by atoms with Crippen LogP contribution in [0.15, 0.2) is 57.5 Å². The van der Waals surface area contributed by atoms with Gasteiger partial charge in [0.1, 0.15) is 12.4 Å². The van der Waals surface area contributed by atoms with Gasteiger partial charge in [-0.3, -0.25) is 0 Å². The number of nitriles is 1. The number of benzene rings is 3. The first kappa shape index (κ1) is 23.5. The Balaban J connectivity index is 1.87. The second-order valence-electron chi connectivity index (χ2n) is 6.14. The minimum absolute atomic E-state index is 0.273. The van der Waals surface area contributed by atoms with Gasteiger partial charge in [-0.15, -0.1) is 0 Å². The van der Waals surface area contributed by atoms with Crippen LogP contribution in [-0.2, 0) is 6.61 Å². The van der Waals surface area contributed by atoms with E-state index in [-0.39, 0.29) is 6.61 Å². The first-order chi connectivity index (χ1) is 14.3. The van der Waals surface area contributed by atoms with E-state index in [0.717, 1.165) is 20.1 Å². The molecule has 0 aliphatic rings. The largest absolute Gasteiger partial charge is 0.486 e. The fraction of sp³-hybridized carbons (Fsp3) is 0.0455. The van der Waals surface area contributed by atoms with Gasteiger partial charge in [-0.2, -0.15) is 5.26 Å². The molecule has 0 aliphatic heterocycles. The van der Waals surface area contributed by atoms with Crippen LogP contribution in [0, 0.1) is 11.3 Å². The van der Waals surface area contributed by atoms with Gasteiger partial charge in [0.15, 0.2) is 0 Å². The Kier molecular flexibility index (Phi) is 8.15. The Morgan fingerprint density at radius 3 is 2.20 bits per heavy atom. The minimum atomic E-state index is 0.273. The lowest BCUT2D eigenvalue weighted by atomic mass is 10.0. The van der Waals surface area contributed by atoms with Crippen molar-refractivity contribution in [3.63, 3.8) is 0 Å². The molecule has 0 saturated carbocycles. The van der Waals surface area contributed by atoms with Crippen molar-refractivity contribution < 1.29 is 4.74 Å². The van der Waals surface area contributed by atoms with Crippen LogP contribution < -0.4 is 4.74 Å². The molecule has 0 radical (unpaired) electrons. The third kappa shape index (κ3) is 5.73. The molecule has 0 spiro atoms. The third-order valence-corrected chi connectivity index (χ3v) is 6.57. The molecular formula is C22H11Br2Cl4NO. The highest BCUT2D eigenvalue weighted by atomic mass is 79.9. The number of hydrogen-bond acceptors (Lipinski definition) is 2. The number of allylic oxidation sites excluding steroid dienone is 1. The number of halogens is 6. The van der Waals surface area contributed by atoms with Crippen LogP contribution >= 0.6 is 78.3 Å². The number of hydrogen-bond donors (Lipinski definition) is 0. The lowest BCUT2D eigenvalue weighted by Gasteiger charge is -2.13. The van der Waals surface area contributed by atoms with Crippen molar-refractivity contribution in [1.82, 2.24) is 0 Å². The van der Waals surface area contributed by atoms with Crippen LogP contribution in [0.2, 0.25) is 20.1 Å². The zero-order chi connectivity index (χ0) is 21.8. The molecule has 0 atom stereocenters. The van der Waals surface area contributed by atoms with Crippen LogP contribution in [0.3, 0.4) is 0 Å². The van der Waals surface area contributed by atoms with E-state index in [2.05, 4.69) is 37.9 Å². The molecule has 0 aliphatic carbocycles. The van der Waals surface area contributed by atoms with Gasteiger partial charge in [-0.25, -0.2) is 0 Å². The molecule has 0 heterocycles. The molecule has 0 amide bonds. The molecule has 3 aromatic carbocycles. The van der Waals surface area contributed by atoms with Gasteiger partial charge in [0.2, 0.25) is 0 Å². The summed E-state index contributed by atoms with van der Waals surface area (Å²) in [7, 11) is 0. The molecule has 30 heavy (non-hydrogen) atoms. The molecule has 3 aromatic rings. The lowest BCUT2D eigenvalue weighted by molar-refractivity contribution is 0.302. The molecule has 8 heteroatoms. The smallest absolute Gasteiger partial charge is 0.148 e. The van der Waals surface area contributed by atoms with Crippen molar-refractivity contribution in [1.29, 1.82) is 5.26 Å². The Bertz CT molecular complexity index is 1170. The van der Waals surface area contributed by atoms with Gasteiger partial charge in [0.25, 0.3) is 0 Å². The van der Waals surface area contributed by atoms with Crippen molar-refractivity contribution in [2.75, 3.05) is 0 Å². The summed E-state index contributed by atoms with van der Waals surface area (Å²) in [5.74, 6) is 0.617. The standard InChI is InChI=1S/C22H11Br2Cl4NO/c23-17-6-12(5-15(10-29)13-2-4-19(26)21(28)8-13)7-18(24)22(17)30-11-14-1-3-16(25)9-20(14)27/h1-9H,11H2/b15-5-. The second-order valence-corrected chi connectivity index (χ2v) is 9.50. The zero-order valence-electron chi connectivity index (χ0n) is 15.0. The summed E-state index contributed by atoms with van der Waals surface area (Å²) >= 11 is 31.2. The van der Waals surface area contributed by atoms with Crippen LogP contribution in [0.1, 0.15) is 16.7 Å². The maximum absolute atomic E-state index is 9.59. The number of ether oxygens (including phenoxy) is 1. The molecule has 0 aromatic heterocycles. The molecule has 2 nitrogen and oxygen atoms in total. The van der Waals surface area contributed by atoms with E-state index >= 15 is 0 Å². The maximum Gasteiger partial charge on any atom is 0.148 e. The summed E-state index contributed by atoms with van der Waals surface area (Å²) < 4.78 is 7.38. The fourth-order valence-corrected chi connectivity index (χ4v) is 4.81. The molecule has 0 unspecified atom stereocenters. The normalized spacial score (nSPS) is 11.3. The van der Waals surface area contributed by atoms with Crippen molar-refractivity contribution in [2.24, 2.45) is 0 Å². The highest BCUT2D eigenvalue weighted by Gasteiger charge is 2.12. The van der Waals surface area contributed by atoms with Crippen molar-refractivity contribution in [3.8, 4) is 11.8 Å². The van der Waals surface area contributed by atoms with Crippen LogP contribution in [0.4, 0.5) is 0 Å². The highest BCUT2D eigenvalue weighted by Crippen LogP contribution is 2.37. The molecule has 3 rings (SSSR count). The summed E-state index contributed by atoms with van der Waals surface area (Å²) in [5, 5.41) is 11.5. The van der Waals surface area contributed by atoms with E-state index in [0.29, 0.717) is 37.0 Å². The van der Waals surface area contributed by atoms with Crippen molar-refractivity contribution >= 4 is 89.9 Å². The summed E-state index contributed by atoms with van der Waals surface area (Å²) in [5.41, 5.74) is 2.74. The van der Waals surface area contributed by atoms with Crippen molar-refractivity contribution in [3.05, 3.63) is 94.3 Å². The van der Waals surface area contributed by atoms with E-state index in [1.807, 2.05) is 18.2 Å². The minimum Gasteiger partial charge on any atom is -0.486 e. The first-order valence-electron chi connectivity index (χ1n) is 8.41. The summed E-state index contributed by atoms with van der Waals surface area (Å²) in [6, 6.07) is 16.2. The van der Waals surface area contributed by atoms with Crippen LogP contribution in [0.5, 0.6) is 5.75 Å². The quantitative estimate of drug-likeness (QED) is 0.214. The van der Waals surface area contributed by atoms with E-state index < -0.39 is 0 Å². The van der Waals surface area contributed by atoms with Gasteiger partial charge in [0, 0.05) is 15.6 Å². The average Bonchev–Trinajstić information content (AvgIpc) is 2.69. The zero-order valence-corrected chi connectivity index (χ0v) is 21.2. The monoisotopic (exact) mass is 603 g/mol. The predicted molar refractivity (Wildman–Crippen MR) is 133 cm³/mol.